The van der Waals surface area contributed by atoms with Crippen LogP contribution in [0, 0.1) is 0 Å². The van der Waals surface area contributed by atoms with Crippen LogP contribution in [0.15, 0.2) is 51.4 Å². The highest BCUT2D eigenvalue weighted by molar-refractivity contribution is 9.11. The highest BCUT2D eigenvalue weighted by Gasteiger charge is 2.09. The van der Waals surface area contributed by atoms with E-state index in [4.69, 9.17) is 4.74 Å². The molecule has 2 aromatic carbocycles. The minimum absolute atomic E-state index is 0.0832. The number of amides is 1. The molecule has 4 nitrogen and oxygen atoms in total. The Morgan fingerprint density at radius 1 is 1.15 bits per heavy atom. The van der Waals surface area contributed by atoms with Gasteiger partial charge in [0.15, 0.2) is 6.61 Å². The largest absolute Gasteiger partial charge is 0.506 e. The number of aromatic hydroxyl groups is 1. The Kier molecular flexibility index (Phi) is 5.03. The molecule has 2 N–H and O–H groups in total. The molecule has 0 radical (unpaired) electrons. The number of halogens is 2. The lowest BCUT2D eigenvalue weighted by Crippen LogP contribution is -2.20. The number of benzene rings is 2. The van der Waals surface area contributed by atoms with Gasteiger partial charge in [-0.25, -0.2) is 0 Å². The number of carbonyl (C=O) groups excluding carboxylic acids is 1. The minimum Gasteiger partial charge on any atom is -0.506 e. The maximum Gasteiger partial charge on any atom is 0.262 e. The Balaban J connectivity index is 1.95. The summed E-state index contributed by atoms with van der Waals surface area (Å²) in [6, 6.07) is 12.3. The lowest BCUT2D eigenvalue weighted by Gasteiger charge is -2.09. The van der Waals surface area contributed by atoms with Crippen molar-refractivity contribution in [2.24, 2.45) is 0 Å². The topological polar surface area (TPSA) is 58.6 Å². The predicted molar refractivity (Wildman–Crippen MR) is 84.1 cm³/mol. The van der Waals surface area contributed by atoms with Gasteiger partial charge in [-0.2, -0.15) is 0 Å². The quantitative estimate of drug-likeness (QED) is 0.764. The maximum absolute atomic E-state index is 11.8. The number of anilines is 1. The fourth-order valence-corrected chi connectivity index (χ4v) is 2.69. The first-order valence-corrected chi connectivity index (χ1v) is 7.30. The van der Waals surface area contributed by atoms with Crippen molar-refractivity contribution in [2.75, 3.05) is 11.9 Å². The van der Waals surface area contributed by atoms with Crippen LogP contribution in [0.25, 0.3) is 0 Å². The summed E-state index contributed by atoms with van der Waals surface area (Å²) in [7, 11) is 0. The van der Waals surface area contributed by atoms with Gasteiger partial charge in [0.1, 0.15) is 11.5 Å². The average Bonchev–Trinajstić information content (AvgIpc) is 2.43. The van der Waals surface area contributed by atoms with Crippen LogP contribution in [-0.2, 0) is 4.79 Å². The van der Waals surface area contributed by atoms with Gasteiger partial charge in [0.05, 0.1) is 8.95 Å². The third-order valence-corrected chi connectivity index (χ3v) is 3.62. The summed E-state index contributed by atoms with van der Waals surface area (Å²) < 4.78 is 6.32. The van der Waals surface area contributed by atoms with Gasteiger partial charge in [-0.15, -0.1) is 0 Å². The Morgan fingerprint density at radius 3 is 2.35 bits per heavy atom. The summed E-state index contributed by atoms with van der Waals surface area (Å²) in [5.74, 6) is 0.442. The number of hydrogen-bond acceptors (Lipinski definition) is 3. The molecule has 0 spiro atoms. The number of carbonyl (C=O) groups is 1. The Labute approximate surface area is 133 Å². The SMILES string of the molecule is O=C(COc1ccccc1)Nc1cc(Br)c(O)c(Br)c1. The van der Waals surface area contributed by atoms with Crippen molar-refractivity contribution in [3.63, 3.8) is 0 Å². The second kappa shape index (κ2) is 6.76. The fourth-order valence-electron chi connectivity index (χ4n) is 1.50. The zero-order chi connectivity index (χ0) is 14.5. The molecule has 0 atom stereocenters. The Hall–Kier alpha value is -1.53. The fraction of sp³-hybridized carbons (Fsp3) is 0.0714. The molecule has 20 heavy (non-hydrogen) atoms. The van der Waals surface area contributed by atoms with E-state index in [1.807, 2.05) is 18.2 Å². The lowest BCUT2D eigenvalue weighted by molar-refractivity contribution is -0.118. The first-order chi connectivity index (χ1) is 9.56. The van der Waals surface area contributed by atoms with Gasteiger partial charge in [0, 0.05) is 5.69 Å². The number of rotatable bonds is 4. The van der Waals surface area contributed by atoms with E-state index in [0.717, 1.165) is 0 Å². The molecule has 2 aromatic rings. The third-order valence-electron chi connectivity index (χ3n) is 2.41. The second-order valence-corrected chi connectivity index (χ2v) is 5.65. The smallest absolute Gasteiger partial charge is 0.262 e. The molecule has 2 rings (SSSR count). The van der Waals surface area contributed by atoms with Gasteiger partial charge in [-0.3, -0.25) is 4.79 Å². The van der Waals surface area contributed by atoms with E-state index >= 15 is 0 Å². The van der Waals surface area contributed by atoms with Gasteiger partial charge >= 0.3 is 0 Å². The number of ether oxygens (including phenoxy) is 1. The Morgan fingerprint density at radius 2 is 1.75 bits per heavy atom. The van der Waals surface area contributed by atoms with Crippen molar-refractivity contribution in [1.82, 2.24) is 0 Å². The van der Waals surface area contributed by atoms with Gasteiger partial charge in [0.2, 0.25) is 0 Å². The van der Waals surface area contributed by atoms with E-state index in [2.05, 4.69) is 37.2 Å². The molecule has 0 saturated heterocycles. The van der Waals surface area contributed by atoms with Gasteiger partial charge < -0.3 is 15.2 Å². The van der Waals surface area contributed by atoms with Crippen LogP contribution in [0.5, 0.6) is 11.5 Å². The first kappa shape index (κ1) is 14.9. The molecule has 0 bridgehead atoms. The number of nitrogens with one attached hydrogen (secondary N) is 1. The molecule has 0 heterocycles. The molecule has 0 aliphatic rings. The molecule has 1 amide bonds. The predicted octanol–water partition coefficient (Wildman–Crippen LogP) is 3.93. The normalized spacial score (nSPS) is 10.1. The first-order valence-electron chi connectivity index (χ1n) is 5.72. The van der Waals surface area contributed by atoms with E-state index in [9.17, 15) is 9.90 Å². The van der Waals surface area contributed by atoms with Crippen LogP contribution in [0.1, 0.15) is 0 Å². The summed E-state index contributed by atoms with van der Waals surface area (Å²) in [4.78, 5) is 11.8. The van der Waals surface area contributed by atoms with Crippen LogP contribution >= 0.6 is 31.9 Å². The zero-order valence-electron chi connectivity index (χ0n) is 10.3. The van der Waals surface area contributed by atoms with Crippen LogP contribution < -0.4 is 10.1 Å². The standard InChI is InChI=1S/C14H11Br2NO3/c15-11-6-9(7-12(16)14(11)19)17-13(18)8-20-10-4-2-1-3-5-10/h1-7,19H,8H2,(H,17,18). The van der Waals surface area contributed by atoms with Crippen molar-refractivity contribution in [2.45, 2.75) is 0 Å². The molecule has 0 aromatic heterocycles. The van der Waals surface area contributed by atoms with Gasteiger partial charge in [0.25, 0.3) is 5.91 Å². The van der Waals surface area contributed by atoms with Crippen molar-refractivity contribution in [3.05, 3.63) is 51.4 Å². The van der Waals surface area contributed by atoms with Crippen LogP contribution in [0.3, 0.4) is 0 Å². The summed E-state index contributed by atoms with van der Waals surface area (Å²) >= 11 is 6.40. The highest BCUT2D eigenvalue weighted by Crippen LogP contribution is 2.35. The van der Waals surface area contributed by atoms with Crippen molar-refractivity contribution in [1.29, 1.82) is 0 Å². The molecule has 0 aliphatic carbocycles. The lowest BCUT2D eigenvalue weighted by atomic mass is 10.3. The Bertz CT molecular complexity index is 594. The minimum atomic E-state index is -0.279. The van der Waals surface area contributed by atoms with E-state index in [1.165, 1.54) is 0 Å². The molecular formula is C14H11Br2NO3. The average molecular weight is 401 g/mol. The number of para-hydroxylation sites is 1. The molecule has 104 valence electrons. The van der Waals surface area contributed by atoms with Crippen LogP contribution in [0.4, 0.5) is 5.69 Å². The monoisotopic (exact) mass is 399 g/mol. The van der Waals surface area contributed by atoms with E-state index < -0.39 is 0 Å². The van der Waals surface area contributed by atoms with Crippen molar-refractivity contribution in [3.8, 4) is 11.5 Å². The summed E-state index contributed by atoms with van der Waals surface area (Å²) in [5, 5.41) is 12.3. The molecular weight excluding hydrogens is 390 g/mol. The van der Waals surface area contributed by atoms with Gasteiger partial charge in [-0.05, 0) is 56.1 Å². The van der Waals surface area contributed by atoms with Gasteiger partial charge in [-0.1, -0.05) is 18.2 Å². The zero-order valence-corrected chi connectivity index (χ0v) is 13.4. The molecule has 0 aliphatic heterocycles. The molecule has 0 unspecified atom stereocenters. The number of phenols is 1. The van der Waals surface area contributed by atoms with Crippen molar-refractivity contribution >= 4 is 43.5 Å². The highest BCUT2D eigenvalue weighted by atomic mass is 79.9. The van der Waals surface area contributed by atoms with E-state index in [-0.39, 0.29) is 18.3 Å². The third kappa shape index (κ3) is 3.98. The van der Waals surface area contributed by atoms with Crippen LogP contribution in [0.2, 0.25) is 0 Å². The number of phenolic OH excluding ortho intramolecular Hbond substituents is 1. The van der Waals surface area contributed by atoms with E-state index in [0.29, 0.717) is 20.4 Å². The summed E-state index contributed by atoms with van der Waals surface area (Å²) in [6.07, 6.45) is 0. The summed E-state index contributed by atoms with van der Waals surface area (Å²) in [5.41, 5.74) is 0.559. The summed E-state index contributed by atoms with van der Waals surface area (Å²) in [6.45, 7) is -0.0832. The van der Waals surface area contributed by atoms with Crippen LogP contribution in [-0.4, -0.2) is 17.6 Å². The molecule has 0 saturated carbocycles. The molecule has 6 heteroatoms. The molecule has 0 fully saturated rings. The number of hydrogen-bond donors (Lipinski definition) is 2. The van der Waals surface area contributed by atoms with E-state index in [1.54, 1.807) is 24.3 Å². The second-order valence-electron chi connectivity index (χ2n) is 3.94. The van der Waals surface area contributed by atoms with Crippen molar-refractivity contribution < 1.29 is 14.6 Å². The maximum atomic E-state index is 11.8.